The second-order valence-electron chi connectivity index (χ2n) is 6.27. The molecule has 1 N–H and O–H groups in total. The maximum absolute atomic E-state index is 12.7. The molecule has 1 aliphatic heterocycles. The van der Waals surface area contributed by atoms with E-state index in [2.05, 4.69) is 28.6 Å². The minimum absolute atomic E-state index is 0.0369. The van der Waals surface area contributed by atoms with Gasteiger partial charge in [0, 0.05) is 23.5 Å². The molecule has 0 radical (unpaired) electrons. The van der Waals surface area contributed by atoms with Crippen molar-refractivity contribution in [1.82, 2.24) is 4.90 Å². The summed E-state index contributed by atoms with van der Waals surface area (Å²) >= 11 is 1.81. The molecular formula is C20H26N2O3S. The minimum atomic E-state index is -0.0369. The molecule has 6 heteroatoms. The van der Waals surface area contributed by atoms with Gasteiger partial charge < -0.3 is 14.8 Å². The number of carbonyl (C=O) groups excluding carboxylic acids is 1. The number of anilines is 1. The Kier molecular flexibility index (Phi) is 6.16. The van der Waals surface area contributed by atoms with Crippen LogP contribution >= 0.6 is 11.3 Å². The van der Waals surface area contributed by atoms with Crippen LogP contribution in [0.1, 0.15) is 37.3 Å². The summed E-state index contributed by atoms with van der Waals surface area (Å²) in [5.74, 6) is 1.35. The van der Waals surface area contributed by atoms with Crippen LogP contribution in [0.4, 0.5) is 5.69 Å². The predicted molar refractivity (Wildman–Crippen MR) is 105 cm³/mol. The lowest BCUT2D eigenvalue weighted by atomic mass is 10.0. The summed E-state index contributed by atoms with van der Waals surface area (Å²) < 4.78 is 11.2. The van der Waals surface area contributed by atoms with Gasteiger partial charge in [0.25, 0.3) is 0 Å². The van der Waals surface area contributed by atoms with Gasteiger partial charge in [0.2, 0.25) is 5.91 Å². The molecule has 5 nitrogen and oxygen atoms in total. The molecule has 2 heterocycles. The van der Waals surface area contributed by atoms with Crippen molar-refractivity contribution < 1.29 is 14.3 Å². The molecule has 2 aromatic rings. The molecule has 0 aliphatic carbocycles. The molecule has 0 saturated carbocycles. The van der Waals surface area contributed by atoms with Crippen LogP contribution in [-0.4, -0.2) is 37.1 Å². The lowest BCUT2D eigenvalue weighted by Crippen LogP contribution is -2.39. The first-order valence-corrected chi connectivity index (χ1v) is 10.00. The maximum Gasteiger partial charge on any atom is 0.238 e. The standard InChI is InChI=1S/C20H26N2O3S/c1-4-24-15-6-7-18(25-5-2)17(12-15)21-20(23)13-22-10-8-19-16(14(22)3)9-11-26-19/h6-7,9,11-12,14H,4-5,8,10,13H2,1-3H3,(H,21,23). The van der Waals surface area contributed by atoms with Crippen molar-refractivity contribution >= 4 is 22.9 Å². The van der Waals surface area contributed by atoms with Gasteiger partial charge in [0.05, 0.1) is 25.4 Å². The van der Waals surface area contributed by atoms with Crippen molar-refractivity contribution in [2.45, 2.75) is 33.2 Å². The van der Waals surface area contributed by atoms with Crippen molar-refractivity contribution in [3.8, 4) is 11.5 Å². The molecule has 1 aromatic heterocycles. The number of thiophene rings is 1. The first-order chi connectivity index (χ1) is 12.6. The summed E-state index contributed by atoms with van der Waals surface area (Å²) in [5, 5.41) is 5.13. The molecule has 140 valence electrons. The van der Waals surface area contributed by atoms with E-state index in [-0.39, 0.29) is 11.9 Å². The van der Waals surface area contributed by atoms with Gasteiger partial charge >= 0.3 is 0 Å². The highest BCUT2D eigenvalue weighted by molar-refractivity contribution is 7.10. The van der Waals surface area contributed by atoms with Crippen LogP contribution < -0.4 is 14.8 Å². The van der Waals surface area contributed by atoms with E-state index in [0.717, 1.165) is 18.7 Å². The average Bonchev–Trinajstić information content (AvgIpc) is 3.10. The van der Waals surface area contributed by atoms with Gasteiger partial charge in [-0.3, -0.25) is 9.69 Å². The fourth-order valence-electron chi connectivity index (χ4n) is 3.30. The summed E-state index contributed by atoms with van der Waals surface area (Å²) in [7, 11) is 0. The largest absolute Gasteiger partial charge is 0.494 e. The third-order valence-electron chi connectivity index (χ3n) is 4.59. The van der Waals surface area contributed by atoms with E-state index in [1.54, 1.807) is 0 Å². The molecule has 3 rings (SSSR count). The van der Waals surface area contributed by atoms with Crippen molar-refractivity contribution in [2.24, 2.45) is 0 Å². The average molecular weight is 375 g/mol. The highest BCUT2D eigenvalue weighted by Crippen LogP contribution is 2.33. The van der Waals surface area contributed by atoms with Crippen molar-refractivity contribution in [3.63, 3.8) is 0 Å². The molecule has 1 unspecified atom stereocenters. The monoisotopic (exact) mass is 374 g/mol. The Labute approximate surface area is 158 Å². The van der Waals surface area contributed by atoms with Crippen LogP contribution in [0, 0.1) is 0 Å². The van der Waals surface area contributed by atoms with Gasteiger partial charge in [0.1, 0.15) is 11.5 Å². The van der Waals surface area contributed by atoms with Crippen molar-refractivity contribution in [1.29, 1.82) is 0 Å². The first-order valence-electron chi connectivity index (χ1n) is 9.12. The number of carbonyl (C=O) groups is 1. The van der Waals surface area contributed by atoms with Crippen LogP contribution in [0.25, 0.3) is 0 Å². The lowest BCUT2D eigenvalue weighted by molar-refractivity contribution is -0.117. The molecule has 0 fully saturated rings. The zero-order valence-electron chi connectivity index (χ0n) is 15.6. The Morgan fingerprint density at radius 1 is 1.27 bits per heavy atom. The summed E-state index contributed by atoms with van der Waals surface area (Å²) in [5.41, 5.74) is 2.01. The van der Waals surface area contributed by atoms with Gasteiger partial charge in [-0.2, -0.15) is 0 Å². The molecular weight excluding hydrogens is 348 g/mol. The zero-order chi connectivity index (χ0) is 18.5. The van der Waals surface area contributed by atoms with E-state index in [1.165, 1.54) is 10.4 Å². The summed E-state index contributed by atoms with van der Waals surface area (Å²) in [6.07, 6.45) is 1.01. The van der Waals surface area contributed by atoms with Crippen molar-refractivity contribution in [3.05, 3.63) is 40.1 Å². The lowest BCUT2D eigenvalue weighted by Gasteiger charge is -2.33. The summed E-state index contributed by atoms with van der Waals surface area (Å²) in [6.45, 7) is 8.41. The van der Waals surface area contributed by atoms with Crippen LogP contribution in [-0.2, 0) is 11.2 Å². The maximum atomic E-state index is 12.7. The Morgan fingerprint density at radius 2 is 2.08 bits per heavy atom. The highest BCUT2D eigenvalue weighted by Gasteiger charge is 2.26. The number of fused-ring (bicyclic) bond motifs is 1. The Hall–Kier alpha value is -2.05. The first kappa shape index (κ1) is 18.7. The third-order valence-corrected chi connectivity index (χ3v) is 5.58. The molecule has 26 heavy (non-hydrogen) atoms. The number of nitrogens with zero attached hydrogens (tertiary/aromatic N) is 1. The number of ether oxygens (including phenoxy) is 2. The number of rotatable bonds is 7. The Balaban J connectivity index is 1.68. The van der Waals surface area contributed by atoms with E-state index in [1.807, 2.05) is 43.4 Å². The van der Waals surface area contributed by atoms with Crippen molar-refractivity contribution in [2.75, 3.05) is 31.6 Å². The Morgan fingerprint density at radius 3 is 2.85 bits per heavy atom. The summed E-state index contributed by atoms with van der Waals surface area (Å²) in [4.78, 5) is 16.3. The van der Waals surface area contributed by atoms with E-state index >= 15 is 0 Å². The Bertz CT molecular complexity index is 759. The summed E-state index contributed by atoms with van der Waals surface area (Å²) in [6, 6.07) is 7.95. The fraction of sp³-hybridized carbons (Fsp3) is 0.450. The predicted octanol–water partition coefficient (Wildman–Crippen LogP) is 4.10. The van der Waals surface area contributed by atoms with Gasteiger partial charge in [-0.05, 0) is 56.3 Å². The zero-order valence-corrected chi connectivity index (χ0v) is 16.4. The van der Waals surface area contributed by atoms with Gasteiger partial charge in [-0.15, -0.1) is 11.3 Å². The van der Waals surface area contributed by atoms with E-state index < -0.39 is 0 Å². The van der Waals surface area contributed by atoms with Crippen LogP contribution in [0.2, 0.25) is 0 Å². The normalized spacial score (nSPS) is 16.8. The van der Waals surface area contributed by atoms with E-state index in [4.69, 9.17) is 9.47 Å². The number of hydrogen-bond acceptors (Lipinski definition) is 5. The topological polar surface area (TPSA) is 50.8 Å². The van der Waals surface area contributed by atoms with E-state index in [9.17, 15) is 4.79 Å². The fourth-order valence-corrected chi connectivity index (χ4v) is 4.26. The highest BCUT2D eigenvalue weighted by atomic mass is 32.1. The number of benzene rings is 1. The molecule has 0 bridgehead atoms. The molecule has 1 atom stereocenters. The molecule has 0 saturated heterocycles. The minimum Gasteiger partial charge on any atom is -0.494 e. The van der Waals surface area contributed by atoms with Crippen LogP contribution in [0.15, 0.2) is 29.6 Å². The molecule has 1 amide bonds. The quantitative estimate of drug-likeness (QED) is 0.793. The molecule has 0 spiro atoms. The number of amides is 1. The third kappa shape index (κ3) is 4.19. The van der Waals surface area contributed by atoms with Crippen LogP contribution in [0.5, 0.6) is 11.5 Å². The van der Waals surface area contributed by atoms with Gasteiger partial charge in [0.15, 0.2) is 0 Å². The van der Waals surface area contributed by atoms with Gasteiger partial charge in [-0.25, -0.2) is 0 Å². The van der Waals surface area contributed by atoms with Gasteiger partial charge in [-0.1, -0.05) is 0 Å². The smallest absolute Gasteiger partial charge is 0.238 e. The van der Waals surface area contributed by atoms with E-state index in [0.29, 0.717) is 31.2 Å². The SMILES string of the molecule is CCOc1ccc(OCC)c(NC(=O)CN2CCc3sccc3C2C)c1. The van der Waals surface area contributed by atoms with Crippen LogP contribution in [0.3, 0.4) is 0 Å². The second kappa shape index (κ2) is 8.56. The molecule has 1 aliphatic rings. The number of hydrogen-bond donors (Lipinski definition) is 1. The second-order valence-corrected chi connectivity index (χ2v) is 7.27. The number of nitrogens with one attached hydrogen (secondary N) is 1. The molecule has 1 aromatic carbocycles.